The number of piperidine rings is 1. The smallest absolute Gasteiger partial charge is 0.287 e. The van der Waals surface area contributed by atoms with Crippen molar-refractivity contribution >= 4 is 40.1 Å². The van der Waals surface area contributed by atoms with E-state index in [1.807, 2.05) is 35.2 Å². The third-order valence-electron chi connectivity index (χ3n) is 9.08. The molecule has 1 aromatic heterocycles. The highest BCUT2D eigenvalue weighted by Gasteiger charge is 2.24. The first-order valence-electron chi connectivity index (χ1n) is 16.9. The average molecular weight is 668 g/mol. The Morgan fingerprint density at radius 1 is 1.00 bits per heavy atom. The molecule has 0 bridgehead atoms. The topological polar surface area (TPSA) is 92.1 Å². The summed E-state index contributed by atoms with van der Waals surface area (Å²) in [7, 11) is 0. The lowest BCUT2D eigenvalue weighted by atomic mass is 9.97. The van der Waals surface area contributed by atoms with Gasteiger partial charge in [0.2, 0.25) is 5.91 Å². The van der Waals surface area contributed by atoms with Gasteiger partial charge in [-0.2, -0.15) is 0 Å². The summed E-state index contributed by atoms with van der Waals surface area (Å²) in [5.74, 6) is 0.351. The van der Waals surface area contributed by atoms with Crippen LogP contribution in [0.3, 0.4) is 0 Å². The monoisotopic (exact) mass is 667 g/mol. The fourth-order valence-electron chi connectivity index (χ4n) is 6.45. The number of ether oxygens (including phenoxy) is 1. The van der Waals surface area contributed by atoms with Crippen molar-refractivity contribution in [3.05, 3.63) is 117 Å². The fraction of sp³-hybridized carbons (Fsp3) is 0.359. The number of unbranched alkanes of at least 4 members (excludes halogenated alkanes) is 1. The first-order valence-corrected chi connectivity index (χ1v) is 17.3. The van der Waals surface area contributed by atoms with E-state index in [9.17, 15) is 14.4 Å². The Kier molecular flexibility index (Phi) is 10.8. The second-order valence-electron chi connectivity index (χ2n) is 12.6. The largest absolute Gasteiger partial charge is 0.494 e. The molecule has 0 aliphatic carbocycles. The second-order valence-corrected chi connectivity index (χ2v) is 13.0. The minimum atomic E-state index is -0.448. The Balaban J connectivity index is 1.17. The minimum absolute atomic E-state index is 0.0328. The third-order valence-corrected chi connectivity index (χ3v) is 9.33. The van der Waals surface area contributed by atoms with Crippen LogP contribution < -0.4 is 20.4 Å². The average Bonchev–Trinajstić information content (AvgIpc) is 3.50. The van der Waals surface area contributed by atoms with Crippen LogP contribution in [0.25, 0.3) is 11.0 Å². The van der Waals surface area contributed by atoms with Gasteiger partial charge in [0.1, 0.15) is 11.3 Å². The number of nitrogens with one attached hydrogen (secondary N) is 1. The predicted octanol–water partition coefficient (Wildman–Crippen LogP) is 7.32. The molecule has 4 aromatic rings. The lowest BCUT2D eigenvalue weighted by Crippen LogP contribution is -2.37. The van der Waals surface area contributed by atoms with E-state index >= 15 is 0 Å². The van der Waals surface area contributed by atoms with Crippen molar-refractivity contribution in [2.24, 2.45) is 0 Å². The molecule has 3 heterocycles. The number of hydrogen-bond acceptors (Lipinski definition) is 6. The van der Waals surface area contributed by atoms with E-state index in [2.05, 4.69) is 41.4 Å². The number of hydrogen-bond donors (Lipinski definition) is 1. The fourth-order valence-corrected chi connectivity index (χ4v) is 6.58. The maximum atomic E-state index is 13.6. The molecule has 1 N–H and O–H groups in total. The van der Waals surface area contributed by atoms with Gasteiger partial charge >= 0.3 is 0 Å². The van der Waals surface area contributed by atoms with Crippen LogP contribution in [0.1, 0.15) is 67.1 Å². The van der Waals surface area contributed by atoms with Crippen LogP contribution >= 0.6 is 11.6 Å². The molecule has 2 aliphatic rings. The van der Waals surface area contributed by atoms with E-state index in [1.165, 1.54) is 22.9 Å². The van der Waals surface area contributed by atoms with Crippen molar-refractivity contribution in [1.29, 1.82) is 0 Å². The van der Waals surface area contributed by atoms with E-state index < -0.39 is 5.91 Å². The molecule has 2 saturated heterocycles. The Hall–Kier alpha value is -4.56. The highest BCUT2D eigenvalue weighted by molar-refractivity contribution is 6.30. The summed E-state index contributed by atoms with van der Waals surface area (Å²) in [5.41, 5.74) is 4.67. The zero-order valence-corrected chi connectivity index (χ0v) is 28.1. The molecule has 2 aliphatic heterocycles. The Morgan fingerprint density at radius 2 is 1.79 bits per heavy atom. The highest BCUT2D eigenvalue weighted by atomic mass is 35.5. The summed E-state index contributed by atoms with van der Waals surface area (Å²) in [6, 6.07) is 22.0. The van der Waals surface area contributed by atoms with Crippen LogP contribution in [0.4, 0.5) is 5.69 Å². The molecule has 0 radical (unpaired) electrons. The van der Waals surface area contributed by atoms with Crippen molar-refractivity contribution in [2.45, 2.75) is 64.5 Å². The number of carbonyl (C=O) groups is 2. The number of likely N-dealkylation sites (tertiary alicyclic amines) is 1. The van der Waals surface area contributed by atoms with Gasteiger partial charge in [0.25, 0.3) is 5.91 Å². The van der Waals surface area contributed by atoms with E-state index in [0.29, 0.717) is 47.7 Å². The van der Waals surface area contributed by atoms with Crippen LogP contribution in [0.5, 0.6) is 5.75 Å². The summed E-state index contributed by atoms with van der Waals surface area (Å²) in [4.78, 5) is 43.3. The molecule has 0 spiro atoms. The van der Waals surface area contributed by atoms with Crippen molar-refractivity contribution in [3.8, 4) is 5.75 Å². The van der Waals surface area contributed by atoms with Gasteiger partial charge in [-0.05, 0) is 79.6 Å². The number of carbonyl (C=O) groups excluding carboxylic acids is 2. The SMILES string of the molecule is CCCCOc1ccc2oc(C(=O)N[C@@H](C=C3CCN(c4ccccc4CN4CCCC4=O)CC3)Cc3ccc(Cl)cc3)cc(=O)c2c1. The molecule has 0 saturated carbocycles. The number of para-hydroxylation sites is 1. The Bertz CT molecular complexity index is 1840. The molecule has 48 heavy (non-hydrogen) atoms. The first kappa shape index (κ1) is 33.3. The first-order chi connectivity index (χ1) is 23.4. The van der Waals surface area contributed by atoms with E-state index in [-0.39, 0.29) is 23.1 Å². The van der Waals surface area contributed by atoms with Crippen molar-refractivity contribution in [1.82, 2.24) is 10.2 Å². The maximum Gasteiger partial charge on any atom is 0.287 e. The van der Waals surface area contributed by atoms with Crippen molar-refractivity contribution in [2.75, 3.05) is 31.1 Å². The minimum Gasteiger partial charge on any atom is -0.494 e. The van der Waals surface area contributed by atoms with Crippen LogP contribution in [0.2, 0.25) is 5.02 Å². The van der Waals surface area contributed by atoms with Gasteiger partial charge in [0.05, 0.1) is 18.0 Å². The molecule has 8 nitrogen and oxygen atoms in total. The molecule has 250 valence electrons. The predicted molar refractivity (Wildman–Crippen MR) is 190 cm³/mol. The van der Waals surface area contributed by atoms with Gasteiger partial charge < -0.3 is 24.3 Å². The van der Waals surface area contributed by atoms with Crippen LogP contribution in [0.15, 0.2) is 93.7 Å². The number of fused-ring (bicyclic) bond motifs is 1. The number of amides is 2. The normalized spacial score (nSPS) is 15.5. The molecule has 3 aromatic carbocycles. The zero-order valence-electron chi connectivity index (χ0n) is 27.4. The molecular formula is C39H42ClN3O5. The van der Waals surface area contributed by atoms with Gasteiger partial charge in [-0.1, -0.05) is 66.9 Å². The summed E-state index contributed by atoms with van der Waals surface area (Å²) in [6.07, 6.45) is 7.89. The van der Waals surface area contributed by atoms with E-state index in [0.717, 1.165) is 57.3 Å². The van der Waals surface area contributed by atoms with Gasteiger partial charge in [-0.3, -0.25) is 14.4 Å². The summed E-state index contributed by atoms with van der Waals surface area (Å²) >= 11 is 6.15. The number of nitrogens with zero attached hydrogens (tertiary/aromatic N) is 2. The lowest BCUT2D eigenvalue weighted by Gasteiger charge is -2.33. The molecule has 2 fully saturated rings. The summed E-state index contributed by atoms with van der Waals surface area (Å²) in [6.45, 7) is 5.79. The number of benzene rings is 3. The molecule has 2 amide bonds. The standard InChI is InChI=1S/C39H42ClN3O5/c1-2-3-21-47-32-14-15-36-33(24-32)35(44)25-37(48-36)39(46)41-31(22-27-10-12-30(40)13-11-27)23-28-16-19-42(20-17-28)34-8-5-4-7-29(34)26-43-18-6-9-38(43)45/h4-5,7-8,10-15,23-25,31H,2-3,6,9,16-22,26H2,1H3,(H,41,46)/t31-/m1/s1. The zero-order chi connectivity index (χ0) is 33.5. The second kappa shape index (κ2) is 15.6. The third kappa shape index (κ3) is 8.29. The molecule has 0 unspecified atom stereocenters. The molecular weight excluding hydrogens is 626 g/mol. The molecule has 6 rings (SSSR count). The van der Waals surface area contributed by atoms with Crippen LogP contribution in [0, 0.1) is 0 Å². The molecule has 9 heteroatoms. The van der Waals surface area contributed by atoms with Crippen molar-refractivity contribution in [3.63, 3.8) is 0 Å². The number of anilines is 1. The highest BCUT2D eigenvalue weighted by Crippen LogP contribution is 2.29. The van der Waals surface area contributed by atoms with Gasteiger partial charge in [0.15, 0.2) is 11.2 Å². The lowest BCUT2D eigenvalue weighted by molar-refractivity contribution is -0.128. The Labute approximate surface area is 286 Å². The van der Waals surface area contributed by atoms with Gasteiger partial charge in [0, 0.05) is 49.4 Å². The summed E-state index contributed by atoms with van der Waals surface area (Å²) in [5, 5.41) is 4.15. The van der Waals surface area contributed by atoms with Crippen LogP contribution in [-0.4, -0.2) is 49.0 Å². The summed E-state index contributed by atoms with van der Waals surface area (Å²) < 4.78 is 11.7. The van der Waals surface area contributed by atoms with E-state index in [4.69, 9.17) is 20.8 Å². The molecule has 1 atom stereocenters. The van der Waals surface area contributed by atoms with Crippen molar-refractivity contribution < 1.29 is 18.7 Å². The van der Waals surface area contributed by atoms with Crippen LogP contribution in [-0.2, 0) is 17.8 Å². The van der Waals surface area contributed by atoms with Gasteiger partial charge in [-0.15, -0.1) is 0 Å². The Morgan fingerprint density at radius 3 is 2.54 bits per heavy atom. The quantitative estimate of drug-likeness (QED) is 0.126. The van der Waals surface area contributed by atoms with Gasteiger partial charge in [-0.25, -0.2) is 0 Å². The van der Waals surface area contributed by atoms with E-state index in [1.54, 1.807) is 18.2 Å². The number of rotatable bonds is 12. The number of halogens is 1. The maximum absolute atomic E-state index is 13.6.